The molecule has 0 saturated carbocycles. The van der Waals surface area contributed by atoms with Crippen LogP contribution in [0.25, 0.3) is 0 Å². The summed E-state index contributed by atoms with van der Waals surface area (Å²) in [5.41, 5.74) is 3.37. The van der Waals surface area contributed by atoms with Crippen molar-refractivity contribution in [1.82, 2.24) is 0 Å². The number of hydrogen-bond acceptors (Lipinski definition) is 3. The Morgan fingerprint density at radius 2 is 1.72 bits per heavy atom. The number of carbonyl (C=O) groups is 1. The molecule has 0 aliphatic heterocycles. The van der Waals surface area contributed by atoms with Gasteiger partial charge in [0.15, 0.2) is 6.61 Å². The van der Waals surface area contributed by atoms with Crippen LogP contribution >= 0.6 is 34.8 Å². The lowest BCUT2D eigenvalue weighted by Crippen LogP contribution is -2.20. The van der Waals surface area contributed by atoms with Gasteiger partial charge in [0.05, 0.1) is 15.7 Å². The molecule has 0 spiro atoms. The van der Waals surface area contributed by atoms with Gasteiger partial charge >= 0.3 is 0 Å². The fourth-order valence-corrected chi connectivity index (χ4v) is 3.26. The van der Waals surface area contributed by atoms with Gasteiger partial charge in [-0.25, -0.2) is 0 Å². The molecule has 0 aromatic heterocycles. The van der Waals surface area contributed by atoms with Gasteiger partial charge < -0.3 is 15.4 Å². The summed E-state index contributed by atoms with van der Waals surface area (Å²) in [6.45, 7) is 2.28. The molecule has 29 heavy (non-hydrogen) atoms. The molecule has 7 heteroatoms. The van der Waals surface area contributed by atoms with Crippen molar-refractivity contribution in [3.63, 3.8) is 0 Å². The first-order valence-corrected chi connectivity index (χ1v) is 10.0. The highest BCUT2D eigenvalue weighted by Gasteiger charge is 2.09. The number of anilines is 2. The van der Waals surface area contributed by atoms with E-state index in [0.29, 0.717) is 33.0 Å². The Labute approximate surface area is 184 Å². The Hall–Kier alpha value is -2.40. The fourth-order valence-electron chi connectivity index (χ4n) is 2.63. The van der Waals surface area contributed by atoms with Gasteiger partial charge in [0.1, 0.15) is 5.75 Å². The van der Waals surface area contributed by atoms with E-state index in [2.05, 4.69) is 10.6 Å². The van der Waals surface area contributed by atoms with E-state index in [1.807, 2.05) is 43.3 Å². The number of halogens is 3. The Balaban J connectivity index is 1.55. The number of para-hydroxylation sites is 1. The summed E-state index contributed by atoms with van der Waals surface area (Å²) in [4.78, 5) is 12.2. The third kappa shape index (κ3) is 6.04. The van der Waals surface area contributed by atoms with Crippen LogP contribution in [-0.4, -0.2) is 12.5 Å². The van der Waals surface area contributed by atoms with E-state index < -0.39 is 0 Å². The zero-order chi connectivity index (χ0) is 20.8. The monoisotopic (exact) mass is 448 g/mol. The van der Waals surface area contributed by atoms with Crippen molar-refractivity contribution in [3.05, 3.63) is 86.9 Å². The molecule has 3 aromatic carbocycles. The number of hydrogen-bond donors (Lipinski definition) is 2. The van der Waals surface area contributed by atoms with Crippen LogP contribution in [-0.2, 0) is 11.3 Å². The highest BCUT2D eigenvalue weighted by Crippen LogP contribution is 2.27. The van der Waals surface area contributed by atoms with Crippen LogP contribution in [0, 0.1) is 6.92 Å². The van der Waals surface area contributed by atoms with Gasteiger partial charge in [-0.2, -0.15) is 0 Å². The van der Waals surface area contributed by atoms with Crippen molar-refractivity contribution in [3.8, 4) is 5.75 Å². The van der Waals surface area contributed by atoms with Crippen LogP contribution < -0.4 is 15.4 Å². The van der Waals surface area contributed by atoms with Crippen molar-refractivity contribution in [1.29, 1.82) is 0 Å². The van der Waals surface area contributed by atoms with E-state index in [4.69, 9.17) is 39.5 Å². The molecule has 0 aliphatic rings. The number of aryl methyl sites for hydroxylation is 1. The molecule has 3 rings (SSSR count). The minimum Gasteiger partial charge on any atom is -0.482 e. The number of nitrogens with one attached hydrogen (secondary N) is 2. The van der Waals surface area contributed by atoms with Crippen LogP contribution in [0.5, 0.6) is 5.75 Å². The molecule has 2 N–H and O–H groups in total. The molecule has 0 unspecified atom stereocenters. The first kappa shape index (κ1) is 21.3. The quantitative estimate of drug-likeness (QED) is 0.428. The summed E-state index contributed by atoms with van der Waals surface area (Å²) in [5, 5.41) is 7.67. The largest absolute Gasteiger partial charge is 0.482 e. The topological polar surface area (TPSA) is 50.4 Å². The van der Waals surface area contributed by atoms with Crippen molar-refractivity contribution in [2.45, 2.75) is 13.5 Å². The van der Waals surface area contributed by atoms with Crippen molar-refractivity contribution < 1.29 is 9.53 Å². The third-order valence-corrected chi connectivity index (χ3v) is 5.05. The molecular weight excluding hydrogens is 431 g/mol. The number of amides is 1. The molecule has 0 fully saturated rings. The van der Waals surface area contributed by atoms with E-state index in [-0.39, 0.29) is 12.5 Å². The second kappa shape index (κ2) is 9.88. The molecule has 3 aromatic rings. The van der Waals surface area contributed by atoms with Crippen molar-refractivity contribution >= 4 is 52.1 Å². The van der Waals surface area contributed by atoms with Gasteiger partial charge in [0.2, 0.25) is 0 Å². The molecule has 1 amide bonds. The van der Waals surface area contributed by atoms with Crippen LogP contribution in [0.15, 0.2) is 60.7 Å². The predicted octanol–water partition coefficient (Wildman–Crippen LogP) is 6.58. The third-order valence-electron chi connectivity index (χ3n) is 4.19. The molecule has 0 aliphatic carbocycles. The lowest BCUT2D eigenvalue weighted by Gasteiger charge is -2.12. The van der Waals surface area contributed by atoms with Gasteiger partial charge in [0.25, 0.3) is 5.91 Å². The van der Waals surface area contributed by atoms with E-state index in [0.717, 1.165) is 16.8 Å². The summed E-state index contributed by atoms with van der Waals surface area (Å²) in [5.74, 6) is 0.141. The van der Waals surface area contributed by atoms with E-state index >= 15 is 0 Å². The summed E-state index contributed by atoms with van der Waals surface area (Å²) in [6.07, 6.45) is 0. The zero-order valence-corrected chi connectivity index (χ0v) is 17.9. The van der Waals surface area contributed by atoms with E-state index in [1.54, 1.807) is 24.3 Å². The van der Waals surface area contributed by atoms with Gasteiger partial charge in [-0.15, -0.1) is 0 Å². The first-order chi connectivity index (χ1) is 13.9. The highest BCUT2D eigenvalue weighted by atomic mass is 35.5. The average Bonchev–Trinajstić information content (AvgIpc) is 2.69. The minimum atomic E-state index is -0.295. The van der Waals surface area contributed by atoms with Gasteiger partial charge in [-0.1, -0.05) is 59.1 Å². The summed E-state index contributed by atoms with van der Waals surface area (Å²) in [6, 6.07) is 18.2. The number of ether oxygens (including phenoxy) is 1. The summed E-state index contributed by atoms with van der Waals surface area (Å²) in [7, 11) is 0. The van der Waals surface area contributed by atoms with Crippen LogP contribution in [0.2, 0.25) is 15.1 Å². The Morgan fingerprint density at radius 1 is 0.931 bits per heavy atom. The molecule has 0 bridgehead atoms. The molecular formula is C22H19Cl3N2O2. The van der Waals surface area contributed by atoms with Gasteiger partial charge in [-0.3, -0.25) is 4.79 Å². The highest BCUT2D eigenvalue weighted by molar-refractivity contribution is 6.33. The standard InChI is InChI=1S/C22H19Cl3N2O2/c1-14-6-8-16(23)11-20(14)27-22(28)13-29-21-9-7-15(10-18(21)25)12-26-19-5-3-2-4-17(19)24/h2-11,26H,12-13H2,1H3,(H,27,28). The van der Waals surface area contributed by atoms with Crippen LogP contribution in [0.3, 0.4) is 0 Å². The Kier molecular flexibility index (Phi) is 7.26. The van der Waals surface area contributed by atoms with Crippen molar-refractivity contribution in [2.75, 3.05) is 17.2 Å². The predicted molar refractivity (Wildman–Crippen MR) is 121 cm³/mol. The second-order valence-corrected chi connectivity index (χ2v) is 7.65. The number of carbonyl (C=O) groups excluding carboxylic acids is 1. The van der Waals surface area contributed by atoms with E-state index in [1.165, 1.54) is 0 Å². The van der Waals surface area contributed by atoms with Crippen LogP contribution in [0.4, 0.5) is 11.4 Å². The Morgan fingerprint density at radius 3 is 2.48 bits per heavy atom. The molecule has 150 valence electrons. The second-order valence-electron chi connectivity index (χ2n) is 6.39. The maximum absolute atomic E-state index is 12.2. The zero-order valence-electron chi connectivity index (χ0n) is 15.6. The van der Waals surface area contributed by atoms with E-state index in [9.17, 15) is 4.79 Å². The number of benzene rings is 3. The average molecular weight is 450 g/mol. The number of rotatable bonds is 7. The van der Waals surface area contributed by atoms with Crippen molar-refractivity contribution in [2.24, 2.45) is 0 Å². The maximum atomic E-state index is 12.2. The summed E-state index contributed by atoms with van der Waals surface area (Å²) < 4.78 is 5.56. The normalized spacial score (nSPS) is 10.5. The molecule has 4 nitrogen and oxygen atoms in total. The first-order valence-electron chi connectivity index (χ1n) is 8.88. The van der Waals surface area contributed by atoms with Crippen LogP contribution in [0.1, 0.15) is 11.1 Å². The molecule has 0 radical (unpaired) electrons. The SMILES string of the molecule is Cc1ccc(Cl)cc1NC(=O)COc1ccc(CNc2ccccc2Cl)cc1Cl. The van der Waals surface area contributed by atoms with Gasteiger partial charge in [0, 0.05) is 17.3 Å². The minimum absolute atomic E-state index is 0.164. The summed E-state index contributed by atoms with van der Waals surface area (Å²) >= 11 is 18.4. The molecule has 0 atom stereocenters. The lowest BCUT2D eigenvalue weighted by atomic mass is 10.2. The lowest BCUT2D eigenvalue weighted by molar-refractivity contribution is -0.118. The Bertz CT molecular complexity index is 1020. The van der Waals surface area contributed by atoms with Gasteiger partial charge in [-0.05, 0) is 54.4 Å². The molecule has 0 saturated heterocycles. The smallest absolute Gasteiger partial charge is 0.262 e. The fraction of sp³-hybridized carbons (Fsp3) is 0.136. The molecule has 0 heterocycles. The maximum Gasteiger partial charge on any atom is 0.262 e.